The highest BCUT2D eigenvalue weighted by atomic mass is 32.1. The number of ether oxygens (including phenoxy) is 1. The molecule has 0 fully saturated rings. The van der Waals surface area contributed by atoms with Crippen LogP contribution in [0.25, 0.3) is 5.69 Å². The van der Waals surface area contributed by atoms with E-state index in [1.54, 1.807) is 16.0 Å². The van der Waals surface area contributed by atoms with Crippen LogP contribution in [0.4, 0.5) is 0 Å². The molecule has 2 heterocycles. The molecule has 0 atom stereocenters. The number of hydrogen-bond acceptors (Lipinski definition) is 5. The van der Waals surface area contributed by atoms with Crippen LogP contribution < -0.4 is 4.74 Å². The molecule has 5 nitrogen and oxygen atoms in total. The molecule has 0 saturated heterocycles. The number of thiophene rings is 1. The van der Waals surface area contributed by atoms with Gasteiger partial charge in [-0.2, -0.15) is 0 Å². The maximum Gasteiger partial charge on any atom is 0.172 e. The van der Waals surface area contributed by atoms with E-state index < -0.39 is 0 Å². The third-order valence-corrected chi connectivity index (χ3v) is 4.10. The van der Waals surface area contributed by atoms with Crippen LogP contribution in [0.3, 0.4) is 0 Å². The minimum absolute atomic E-state index is 0.377. The monoisotopic (exact) mass is 313 g/mol. The van der Waals surface area contributed by atoms with Gasteiger partial charge in [-0.1, -0.05) is 11.3 Å². The van der Waals surface area contributed by atoms with E-state index >= 15 is 0 Å². The Kier molecular flexibility index (Phi) is 4.29. The molecular weight excluding hydrogens is 298 g/mol. The Bertz CT molecular complexity index is 748. The molecule has 0 N–H and O–H groups in total. The highest BCUT2D eigenvalue weighted by Crippen LogP contribution is 2.21. The van der Waals surface area contributed by atoms with Gasteiger partial charge in [-0.05, 0) is 42.6 Å². The molecule has 1 aromatic carbocycles. The minimum Gasteiger partial charge on any atom is -0.494 e. The van der Waals surface area contributed by atoms with Gasteiger partial charge in [0, 0.05) is 11.3 Å². The Balaban J connectivity index is 1.96. The first-order valence-electron chi connectivity index (χ1n) is 6.97. The van der Waals surface area contributed by atoms with Gasteiger partial charge >= 0.3 is 0 Å². The normalized spacial score (nSPS) is 10.6. The van der Waals surface area contributed by atoms with Gasteiger partial charge in [-0.15, -0.1) is 16.4 Å². The van der Waals surface area contributed by atoms with Gasteiger partial charge in [0.1, 0.15) is 11.4 Å². The van der Waals surface area contributed by atoms with Crippen molar-refractivity contribution >= 4 is 17.6 Å². The molecular formula is C16H15N3O2S. The molecule has 3 rings (SSSR count). The van der Waals surface area contributed by atoms with Crippen molar-refractivity contribution in [3.8, 4) is 11.4 Å². The second-order valence-corrected chi connectivity index (χ2v) is 5.67. The highest BCUT2D eigenvalue weighted by molar-refractivity contribution is 7.09. The lowest BCUT2D eigenvalue weighted by molar-refractivity contribution is 0.111. The van der Waals surface area contributed by atoms with Crippen LogP contribution in [0.5, 0.6) is 5.75 Å². The topological polar surface area (TPSA) is 57.0 Å². The molecule has 0 bridgehead atoms. The van der Waals surface area contributed by atoms with E-state index in [4.69, 9.17) is 4.74 Å². The number of nitrogens with zero attached hydrogens (tertiary/aromatic N) is 3. The maximum atomic E-state index is 11.2. The van der Waals surface area contributed by atoms with Crippen molar-refractivity contribution in [1.82, 2.24) is 15.0 Å². The summed E-state index contributed by atoms with van der Waals surface area (Å²) in [4.78, 5) is 12.4. The van der Waals surface area contributed by atoms with Crippen LogP contribution in [0.15, 0.2) is 41.8 Å². The van der Waals surface area contributed by atoms with Crippen LogP contribution >= 0.6 is 11.3 Å². The summed E-state index contributed by atoms with van der Waals surface area (Å²) in [5.74, 6) is 0.807. The third-order valence-electron chi connectivity index (χ3n) is 3.22. The first kappa shape index (κ1) is 14.5. The minimum atomic E-state index is 0.377. The molecule has 0 radical (unpaired) electrons. The fourth-order valence-electron chi connectivity index (χ4n) is 2.21. The highest BCUT2D eigenvalue weighted by Gasteiger charge is 2.15. The number of carbonyl (C=O) groups excluding carboxylic acids is 1. The SMILES string of the molecule is CCOc1ccc(-n2nnc(C=O)c2Cc2cccs2)cc1. The van der Waals surface area contributed by atoms with Gasteiger partial charge < -0.3 is 4.74 Å². The lowest BCUT2D eigenvalue weighted by atomic mass is 10.2. The summed E-state index contributed by atoms with van der Waals surface area (Å²) in [5.41, 5.74) is 2.03. The fraction of sp³-hybridized carbons (Fsp3) is 0.188. The zero-order valence-corrected chi connectivity index (χ0v) is 12.9. The van der Waals surface area contributed by atoms with E-state index in [-0.39, 0.29) is 0 Å². The van der Waals surface area contributed by atoms with Crippen molar-refractivity contribution in [2.24, 2.45) is 0 Å². The van der Waals surface area contributed by atoms with Gasteiger partial charge in [0.15, 0.2) is 6.29 Å². The molecule has 0 saturated carbocycles. The van der Waals surface area contributed by atoms with E-state index in [2.05, 4.69) is 10.3 Å². The van der Waals surface area contributed by atoms with Crippen LogP contribution in [0, 0.1) is 0 Å². The molecule has 0 aliphatic heterocycles. The number of benzene rings is 1. The molecule has 2 aromatic heterocycles. The second kappa shape index (κ2) is 6.53. The summed E-state index contributed by atoms with van der Waals surface area (Å²) in [7, 11) is 0. The first-order valence-corrected chi connectivity index (χ1v) is 7.85. The largest absolute Gasteiger partial charge is 0.494 e. The summed E-state index contributed by atoms with van der Waals surface area (Å²) >= 11 is 1.65. The zero-order valence-electron chi connectivity index (χ0n) is 12.1. The molecule has 0 aliphatic rings. The number of aldehydes is 1. The standard InChI is InChI=1S/C16H15N3O2S/c1-2-21-13-7-5-12(6-8-13)19-16(15(11-20)17-18-19)10-14-4-3-9-22-14/h3-9,11H,2,10H2,1H3. The molecule has 22 heavy (non-hydrogen) atoms. The van der Waals surface area contributed by atoms with Crippen molar-refractivity contribution in [1.29, 1.82) is 0 Å². The van der Waals surface area contributed by atoms with Crippen molar-refractivity contribution in [3.05, 3.63) is 58.0 Å². The van der Waals surface area contributed by atoms with E-state index in [1.165, 1.54) is 0 Å². The van der Waals surface area contributed by atoms with Gasteiger partial charge in [-0.25, -0.2) is 4.68 Å². The summed E-state index contributed by atoms with van der Waals surface area (Å²) in [6.45, 7) is 2.57. The van der Waals surface area contributed by atoms with Gasteiger partial charge in [-0.3, -0.25) is 4.79 Å². The van der Waals surface area contributed by atoms with Gasteiger partial charge in [0.25, 0.3) is 0 Å². The number of carbonyl (C=O) groups is 1. The second-order valence-electron chi connectivity index (χ2n) is 4.63. The van der Waals surface area contributed by atoms with Crippen molar-refractivity contribution in [3.63, 3.8) is 0 Å². The Morgan fingerprint density at radius 1 is 1.27 bits per heavy atom. The Labute approximate surface area is 132 Å². The van der Waals surface area contributed by atoms with Crippen LogP contribution in [-0.4, -0.2) is 27.9 Å². The van der Waals surface area contributed by atoms with Gasteiger partial charge in [0.05, 0.1) is 18.0 Å². The number of aromatic nitrogens is 3. The Morgan fingerprint density at radius 2 is 2.09 bits per heavy atom. The fourth-order valence-corrected chi connectivity index (χ4v) is 2.92. The smallest absolute Gasteiger partial charge is 0.172 e. The summed E-state index contributed by atoms with van der Waals surface area (Å²) in [6, 6.07) is 11.6. The quantitative estimate of drug-likeness (QED) is 0.656. The average Bonchev–Trinajstić information content (AvgIpc) is 3.19. The van der Waals surface area contributed by atoms with E-state index in [1.807, 2.05) is 48.7 Å². The third kappa shape index (κ3) is 2.92. The molecule has 0 aliphatic carbocycles. The average molecular weight is 313 g/mol. The van der Waals surface area contributed by atoms with E-state index in [0.29, 0.717) is 18.7 Å². The Hall–Kier alpha value is -2.47. The van der Waals surface area contributed by atoms with Gasteiger partial charge in [0.2, 0.25) is 0 Å². The van der Waals surface area contributed by atoms with E-state index in [0.717, 1.165) is 28.3 Å². The predicted octanol–water partition coefficient (Wildman–Crippen LogP) is 3.13. The lowest BCUT2D eigenvalue weighted by Crippen LogP contribution is -2.04. The molecule has 0 spiro atoms. The summed E-state index contributed by atoms with van der Waals surface area (Å²) < 4.78 is 7.15. The number of hydrogen-bond donors (Lipinski definition) is 0. The summed E-state index contributed by atoms with van der Waals surface area (Å²) in [6.07, 6.45) is 1.38. The van der Waals surface area contributed by atoms with Crippen LogP contribution in [-0.2, 0) is 6.42 Å². The zero-order chi connectivity index (χ0) is 15.4. The summed E-state index contributed by atoms with van der Waals surface area (Å²) in [5, 5.41) is 10.1. The van der Waals surface area contributed by atoms with Crippen molar-refractivity contribution in [2.75, 3.05) is 6.61 Å². The molecule has 112 valence electrons. The van der Waals surface area contributed by atoms with Crippen molar-refractivity contribution in [2.45, 2.75) is 13.3 Å². The lowest BCUT2D eigenvalue weighted by Gasteiger charge is -2.08. The van der Waals surface area contributed by atoms with Crippen LogP contribution in [0.1, 0.15) is 28.0 Å². The number of rotatable bonds is 6. The van der Waals surface area contributed by atoms with E-state index in [9.17, 15) is 4.79 Å². The molecule has 3 aromatic rings. The van der Waals surface area contributed by atoms with Crippen molar-refractivity contribution < 1.29 is 9.53 Å². The molecule has 0 amide bonds. The maximum absolute atomic E-state index is 11.2. The molecule has 6 heteroatoms. The Morgan fingerprint density at radius 3 is 2.73 bits per heavy atom. The first-order chi connectivity index (χ1) is 10.8. The van der Waals surface area contributed by atoms with Crippen LogP contribution in [0.2, 0.25) is 0 Å². The predicted molar refractivity (Wildman–Crippen MR) is 85.0 cm³/mol. The molecule has 0 unspecified atom stereocenters.